The minimum atomic E-state index is -0.288. The maximum Gasteiger partial charge on any atom is 0.287 e. The first-order valence-corrected chi connectivity index (χ1v) is 7.74. The summed E-state index contributed by atoms with van der Waals surface area (Å²) >= 11 is 6.14. The Morgan fingerprint density at radius 3 is 2.48 bits per heavy atom. The number of rotatable bonds is 8. The van der Waals surface area contributed by atoms with Crippen molar-refractivity contribution in [3.63, 3.8) is 0 Å². The molecule has 0 saturated carbocycles. The molecule has 0 radical (unpaired) electrons. The van der Waals surface area contributed by atoms with Gasteiger partial charge in [-0.05, 0) is 17.8 Å². The average molecular weight is 316 g/mol. The van der Waals surface area contributed by atoms with E-state index in [9.17, 15) is 4.79 Å². The first-order valence-electron chi connectivity index (χ1n) is 7.36. The molecule has 1 aromatic rings. The Hall–Kier alpha value is -1.07. The molecular formula is C15H26ClN3O2. The number of ether oxygens (including phenoxy) is 1. The Bertz CT molecular complexity index is 492. The smallest absolute Gasteiger partial charge is 0.287 e. The summed E-state index contributed by atoms with van der Waals surface area (Å²) in [4.78, 5) is 12.1. The molecule has 1 rings (SSSR count). The number of nitrogens with zero attached hydrogens (tertiary/aromatic N) is 2. The highest BCUT2D eigenvalue weighted by Crippen LogP contribution is 2.22. The summed E-state index contributed by atoms with van der Waals surface area (Å²) in [6, 6.07) is 0. The quantitative estimate of drug-likeness (QED) is 0.801. The highest BCUT2D eigenvalue weighted by molar-refractivity contribution is 6.32. The van der Waals surface area contributed by atoms with E-state index in [0.717, 1.165) is 6.54 Å². The van der Waals surface area contributed by atoms with Crippen LogP contribution in [0.2, 0.25) is 5.02 Å². The van der Waals surface area contributed by atoms with E-state index >= 15 is 0 Å². The van der Waals surface area contributed by atoms with Crippen molar-refractivity contribution in [1.82, 2.24) is 9.78 Å². The van der Waals surface area contributed by atoms with Crippen LogP contribution in [0.4, 0.5) is 5.69 Å². The molecule has 1 heterocycles. The summed E-state index contributed by atoms with van der Waals surface area (Å²) in [6.07, 6.45) is 1.61. The van der Waals surface area contributed by atoms with Gasteiger partial charge in [-0.3, -0.25) is 4.79 Å². The summed E-state index contributed by atoms with van der Waals surface area (Å²) in [5.41, 5.74) is 0.311. The normalized spacial score (nSPS) is 11.7. The van der Waals surface area contributed by atoms with Crippen molar-refractivity contribution in [2.45, 2.75) is 34.2 Å². The van der Waals surface area contributed by atoms with Gasteiger partial charge in [0.2, 0.25) is 0 Å². The van der Waals surface area contributed by atoms with Gasteiger partial charge in [0, 0.05) is 13.7 Å². The van der Waals surface area contributed by atoms with Crippen molar-refractivity contribution in [2.75, 3.05) is 25.6 Å². The van der Waals surface area contributed by atoms with Crippen LogP contribution in [0.1, 0.15) is 27.7 Å². The summed E-state index contributed by atoms with van der Waals surface area (Å²) < 4.78 is 6.26. The Kier molecular flexibility index (Phi) is 7.18. The van der Waals surface area contributed by atoms with E-state index in [4.69, 9.17) is 16.3 Å². The number of aromatic nitrogens is 2. The van der Waals surface area contributed by atoms with Gasteiger partial charge in [-0.2, -0.15) is 5.10 Å². The van der Waals surface area contributed by atoms with E-state index in [1.165, 1.54) is 4.68 Å². The molecule has 0 fully saturated rings. The summed E-state index contributed by atoms with van der Waals surface area (Å²) in [5.74, 6) is 1.63. The van der Waals surface area contributed by atoms with Gasteiger partial charge in [-0.15, -0.1) is 0 Å². The average Bonchev–Trinajstić information content (AvgIpc) is 2.42. The van der Waals surface area contributed by atoms with Crippen LogP contribution in [-0.4, -0.2) is 30.0 Å². The molecule has 0 aliphatic heterocycles. The summed E-state index contributed by atoms with van der Waals surface area (Å²) in [7, 11) is 1.58. The number of nitrogens with one attached hydrogen (secondary N) is 1. The van der Waals surface area contributed by atoms with Crippen molar-refractivity contribution in [1.29, 1.82) is 0 Å². The van der Waals surface area contributed by atoms with Crippen molar-refractivity contribution >= 4 is 17.3 Å². The highest BCUT2D eigenvalue weighted by Gasteiger charge is 2.18. The molecule has 0 amide bonds. The molecule has 120 valence electrons. The zero-order chi connectivity index (χ0) is 16.0. The lowest BCUT2D eigenvalue weighted by atomic mass is 9.85. The van der Waals surface area contributed by atoms with Crippen molar-refractivity contribution in [3.8, 4) is 0 Å². The molecule has 0 aliphatic carbocycles. The monoisotopic (exact) mass is 315 g/mol. The lowest BCUT2D eigenvalue weighted by Gasteiger charge is -2.25. The van der Waals surface area contributed by atoms with Crippen molar-refractivity contribution < 1.29 is 4.74 Å². The van der Waals surface area contributed by atoms with Gasteiger partial charge in [0.05, 0.1) is 25.0 Å². The molecule has 0 atom stereocenters. The first kappa shape index (κ1) is 18.0. The molecule has 0 aliphatic rings. The van der Waals surface area contributed by atoms with Gasteiger partial charge in [0.1, 0.15) is 5.02 Å². The van der Waals surface area contributed by atoms with Crippen molar-refractivity contribution in [2.24, 2.45) is 17.8 Å². The fraction of sp³-hybridized carbons (Fsp3) is 0.733. The van der Waals surface area contributed by atoms with Gasteiger partial charge < -0.3 is 10.1 Å². The molecule has 0 unspecified atom stereocenters. The summed E-state index contributed by atoms with van der Waals surface area (Å²) in [6.45, 7) is 10.4. The lowest BCUT2D eigenvalue weighted by Crippen LogP contribution is -2.28. The Morgan fingerprint density at radius 2 is 1.95 bits per heavy atom. The van der Waals surface area contributed by atoms with Gasteiger partial charge in [-0.1, -0.05) is 39.3 Å². The molecule has 0 bridgehead atoms. The zero-order valence-corrected chi connectivity index (χ0v) is 14.3. The fourth-order valence-corrected chi connectivity index (χ4v) is 2.61. The number of anilines is 1. The topological polar surface area (TPSA) is 56.1 Å². The Morgan fingerprint density at radius 1 is 1.33 bits per heavy atom. The Balaban J connectivity index is 2.81. The number of halogens is 1. The Labute approximate surface area is 131 Å². The van der Waals surface area contributed by atoms with Crippen LogP contribution in [0, 0.1) is 17.8 Å². The van der Waals surface area contributed by atoms with Crippen LogP contribution in [0.15, 0.2) is 11.0 Å². The molecule has 6 heteroatoms. The van der Waals surface area contributed by atoms with Gasteiger partial charge in [-0.25, -0.2) is 4.68 Å². The predicted octanol–water partition coefficient (Wildman–Crippen LogP) is 2.88. The molecule has 0 saturated heterocycles. The number of hydrogen-bond donors (Lipinski definition) is 1. The minimum absolute atomic E-state index is 0.187. The van der Waals surface area contributed by atoms with Crippen LogP contribution < -0.4 is 10.9 Å². The van der Waals surface area contributed by atoms with Crippen LogP contribution in [0.3, 0.4) is 0 Å². The third-order valence-corrected chi connectivity index (χ3v) is 4.10. The van der Waals surface area contributed by atoms with Crippen LogP contribution in [0.5, 0.6) is 0 Å². The molecule has 1 aromatic heterocycles. The highest BCUT2D eigenvalue weighted by atomic mass is 35.5. The second kappa shape index (κ2) is 8.39. The standard InChI is InChI=1S/C15H26ClN3O2/c1-10(2)12(11(3)4)8-17-13-9-18-19(6-7-21-5)15(20)14(13)16/h9-12,17H,6-8H2,1-5H3. The molecule has 1 N–H and O–H groups in total. The predicted molar refractivity (Wildman–Crippen MR) is 87.0 cm³/mol. The first-order chi connectivity index (χ1) is 9.88. The van der Waals surface area contributed by atoms with E-state index in [0.29, 0.717) is 36.6 Å². The van der Waals surface area contributed by atoms with Gasteiger partial charge in [0.15, 0.2) is 0 Å². The fourth-order valence-electron chi connectivity index (χ4n) is 2.39. The zero-order valence-electron chi connectivity index (χ0n) is 13.5. The third kappa shape index (κ3) is 5.00. The third-order valence-electron chi connectivity index (χ3n) is 3.73. The van der Waals surface area contributed by atoms with Crippen LogP contribution in [0.25, 0.3) is 0 Å². The van der Waals surface area contributed by atoms with E-state index in [1.54, 1.807) is 13.3 Å². The lowest BCUT2D eigenvalue weighted by molar-refractivity contribution is 0.182. The van der Waals surface area contributed by atoms with E-state index < -0.39 is 0 Å². The number of methoxy groups -OCH3 is 1. The second-order valence-electron chi connectivity index (χ2n) is 5.93. The van der Waals surface area contributed by atoms with Gasteiger partial charge >= 0.3 is 0 Å². The maximum absolute atomic E-state index is 12.1. The summed E-state index contributed by atoms with van der Waals surface area (Å²) in [5, 5.41) is 7.57. The van der Waals surface area contributed by atoms with Crippen LogP contribution >= 0.6 is 11.6 Å². The van der Waals surface area contributed by atoms with Crippen LogP contribution in [-0.2, 0) is 11.3 Å². The second-order valence-corrected chi connectivity index (χ2v) is 6.30. The molecular weight excluding hydrogens is 290 g/mol. The minimum Gasteiger partial charge on any atom is -0.383 e. The van der Waals surface area contributed by atoms with E-state index in [1.807, 2.05) is 0 Å². The molecule has 5 nitrogen and oxygen atoms in total. The largest absolute Gasteiger partial charge is 0.383 e. The molecule has 0 spiro atoms. The van der Waals surface area contributed by atoms with Crippen molar-refractivity contribution in [3.05, 3.63) is 21.6 Å². The van der Waals surface area contributed by atoms with E-state index in [2.05, 4.69) is 38.1 Å². The molecule has 0 aromatic carbocycles. The van der Waals surface area contributed by atoms with Gasteiger partial charge in [0.25, 0.3) is 5.56 Å². The van der Waals surface area contributed by atoms with E-state index in [-0.39, 0.29) is 10.6 Å². The number of hydrogen-bond acceptors (Lipinski definition) is 4. The maximum atomic E-state index is 12.1. The molecule has 21 heavy (non-hydrogen) atoms. The SMILES string of the molecule is COCCn1ncc(NCC(C(C)C)C(C)C)c(Cl)c1=O.